The van der Waals surface area contributed by atoms with Crippen LogP contribution in [0.15, 0.2) is 66.9 Å². The third kappa shape index (κ3) is 2.25. The molecule has 1 heterocycles. The number of rotatable bonds is 3. The molecule has 0 aliphatic rings. The maximum Gasteiger partial charge on any atom is 0.0763 e. The normalized spacial score (nSPS) is 10.9. The van der Waals surface area contributed by atoms with Crippen molar-refractivity contribution in [3.8, 4) is 22.4 Å². The Balaban J connectivity index is 2.22. The van der Waals surface area contributed by atoms with Gasteiger partial charge in [0.2, 0.25) is 0 Å². The van der Waals surface area contributed by atoms with Crippen LogP contribution in [-0.4, -0.2) is 9.78 Å². The van der Waals surface area contributed by atoms with Crippen LogP contribution < -0.4 is 0 Å². The Morgan fingerprint density at radius 2 is 1.35 bits per heavy atom. The van der Waals surface area contributed by atoms with Crippen LogP contribution in [-0.2, 0) is 0 Å². The number of nitrogens with zero attached hydrogens (tertiary/aromatic N) is 2. The Labute approximate surface area is 119 Å². The molecule has 0 fully saturated rings. The molecule has 1 aromatic heterocycles. The van der Waals surface area contributed by atoms with Crippen molar-refractivity contribution in [1.82, 2.24) is 9.78 Å². The van der Waals surface area contributed by atoms with E-state index < -0.39 is 0 Å². The molecule has 20 heavy (non-hydrogen) atoms. The van der Waals surface area contributed by atoms with Crippen molar-refractivity contribution in [3.05, 3.63) is 66.9 Å². The van der Waals surface area contributed by atoms with Gasteiger partial charge < -0.3 is 0 Å². The average molecular weight is 262 g/mol. The molecule has 0 spiro atoms. The van der Waals surface area contributed by atoms with Gasteiger partial charge in [-0.05, 0) is 19.4 Å². The van der Waals surface area contributed by atoms with Gasteiger partial charge in [0.15, 0.2) is 0 Å². The number of aromatic nitrogens is 2. The highest BCUT2D eigenvalue weighted by atomic mass is 15.3. The average Bonchev–Trinajstić information content (AvgIpc) is 2.94. The molecule has 0 aliphatic carbocycles. The summed E-state index contributed by atoms with van der Waals surface area (Å²) >= 11 is 0. The molecular weight excluding hydrogens is 244 g/mol. The molecule has 100 valence electrons. The van der Waals surface area contributed by atoms with Gasteiger partial charge in [-0.15, -0.1) is 0 Å². The van der Waals surface area contributed by atoms with Crippen LogP contribution in [0.5, 0.6) is 0 Å². The number of benzene rings is 2. The highest BCUT2D eigenvalue weighted by Crippen LogP contribution is 2.33. The van der Waals surface area contributed by atoms with Crippen LogP contribution in [0.4, 0.5) is 0 Å². The highest BCUT2D eigenvalue weighted by Gasteiger charge is 2.15. The Morgan fingerprint density at radius 3 is 1.90 bits per heavy atom. The lowest BCUT2D eigenvalue weighted by molar-refractivity contribution is 0.538. The first-order valence-electron chi connectivity index (χ1n) is 6.95. The maximum atomic E-state index is 4.59. The van der Waals surface area contributed by atoms with Crippen LogP contribution in [0.25, 0.3) is 22.4 Å². The molecule has 2 heteroatoms. The Morgan fingerprint density at radius 1 is 0.800 bits per heavy atom. The van der Waals surface area contributed by atoms with Gasteiger partial charge >= 0.3 is 0 Å². The molecule has 2 nitrogen and oxygen atoms in total. The van der Waals surface area contributed by atoms with Gasteiger partial charge in [0.25, 0.3) is 0 Å². The SMILES string of the molecule is CC(C)n1ncc(-c2ccccc2)c1-c1ccccc1. The van der Waals surface area contributed by atoms with Crippen LogP contribution in [0.1, 0.15) is 19.9 Å². The van der Waals surface area contributed by atoms with Crippen LogP contribution in [0.2, 0.25) is 0 Å². The van der Waals surface area contributed by atoms with E-state index in [1.165, 1.54) is 22.4 Å². The van der Waals surface area contributed by atoms with E-state index in [0.717, 1.165) is 0 Å². The van der Waals surface area contributed by atoms with Crippen molar-refractivity contribution in [1.29, 1.82) is 0 Å². The van der Waals surface area contributed by atoms with Gasteiger partial charge in [-0.1, -0.05) is 60.7 Å². The van der Waals surface area contributed by atoms with E-state index in [0.29, 0.717) is 6.04 Å². The second kappa shape index (κ2) is 5.33. The molecule has 0 bridgehead atoms. The number of hydrogen-bond donors (Lipinski definition) is 0. The van der Waals surface area contributed by atoms with E-state index in [2.05, 4.69) is 72.2 Å². The minimum absolute atomic E-state index is 0.336. The molecule has 0 atom stereocenters. The maximum absolute atomic E-state index is 4.59. The van der Waals surface area contributed by atoms with Gasteiger partial charge in [0, 0.05) is 17.2 Å². The zero-order valence-electron chi connectivity index (χ0n) is 11.8. The lowest BCUT2D eigenvalue weighted by Gasteiger charge is -2.13. The Hall–Kier alpha value is -2.35. The standard InChI is InChI=1S/C18H18N2/c1-14(2)20-18(16-11-7-4-8-12-16)17(13-19-20)15-9-5-3-6-10-15/h3-14H,1-2H3. The summed E-state index contributed by atoms with van der Waals surface area (Å²) in [7, 11) is 0. The summed E-state index contributed by atoms with van der Waals surface area (Å²) in [5.74, 6) is 0. The fourth-order valence-corrected chi connectivity index (χ4v) is 2.47. The first-order chi connectivity index (χ1) is 9.77. The van der Waals surface area contributed by atoms with Gasteiger partial charge in [-0.2, -0.15) is 5.10 Å². The fraction of sp³-hybridized carbons (Fsp3) is 0.167. The van der Waals surface area contributed by atoms with Crippen molar-refractivity contribution in [2.45, 2.75) is 19.9 Å². The molecule has 0 aliphatic heterocycles. The highest BCUT2D eigenvalue weighted by molar-refractivity contribution is 5.80. The quantitative estimate of drug-likeness (QED) is 0.663. The smallest absolute Gasteiger partial charge is 0.0763 e. The van der Waals surface area contributed by atoms with Crippen molar-refractivity contribution in [2.75, 3.05) is 0 Å². The molecule has 3 aromatic rings. The van der Waals surface area contributed by atoms with Gasteiger partial charge in [0.05, 0.1) is 11.9 Å². The molecular formula is C18H18N2. The molecule has 0 amide bonds. The molecule has 0 saturated heterocycles. The zero-order chi connectivity index (χ0) is 13.9. The minimum atomic E-state index is 0.336. The minimum Gasteiger partial charge on any atom is -0.262 e. The Bertz CT molecular complexity index is 682. The van der Waals surface area contributed by atoms with Crippen molar-refractivity contribution >= 4 is 0 Å². The van der Waals surface area contributed by atoms with Crippen molar-refractivity contribution in [2.24, 2.45) is 0 Å². The second-order valence-electron chi connectivity index (χ2n) is 5.18. The van der Waals surface area contributed by atoms with Gasteiger partial charge in [-0.25, -0.2) is 0 Å². The largest absolute Gasteiger partial charge is 0.262 e. The first kappa shape index (κ1) is 12.7. The fourth-order valence-electron chi connectivity index (χ4n) is 2.47. The summed E-state index contributed by atoms with van der Waals surface area (Å²) in [5.41, 5.74) is 4.79. The summed E-state index contributed by atoms with van der Waals surface area (Å²) in [6.45, 7) is 4.32. The third-order valence-electron chi connectivity index (χ3n) is 3.42. The van der Waals surface area contributed by atoms with Crippen LogP contribution in [0.3, 0.4) is 0 Å². The van der Waals surface area contributed by atoms with Crippen molar-refractivity contribution in [3.63, 3.8) is 0 Å². The van der Waals surface area contributed by atoms with E-state index in [1.807, 2.05) is 18.3 Å². The molecule has 0 saturated carbocycles. The molecule has 2 aromatic carbocycles. The topological polar surface area (TPSA) is 17.8 Å². The third-order valence-corrected chi connectivity index (χ3v) is 3.42. The van der Waals surface area contributed by atoms with Crippen molar-refractivity contribution < 1.29 is 0 Å². The van der Waals surface area contributed by atoms with E-state index in [1.54, 1.807) is 0 Å². The van der Waals surface area contributed by atoms with Crippen LogP contribution >= 0.6 is 0 Å². The monoisotopic (exact) mass is 262 g/mol. The summed E-state index contributed by atoms with van der Waals surface area (Å²) in [4.78, 5) is 0. The first-order valence-corrected chi connectivity index (χ1v) is 6.95. The van der Waals surface area contributed by atoms with Gasteiger partial charge in [0.1, 0.15) is 0 Å². The zero-order valence-corrected chi connectivity index (χ0v) is 11.8. The van der Waals surface area contributed by atoms with Gasteiger partial charge in [-0.3, -0.25) is 4.68 Å². The predicted molar refractivity (Wildman–Crippen MR) is 83.5 cm³/mol. The molecule has 0 unspecified atom stereocenters. The predicted octanol–water partition coefficient (Wildman–Crippen LogP) is 4.80. The van der Waals surface area contributed by atoms with E-state index >= 15 is 0 Å². The van der Waals surface area contributed by atoms with E-state index in [-0.39, 0.29) is 0 Å². The number of hydrogen-bond acceptors (Lipinski definition) is 1. The van der Waals surface area contributed by atoms with E-state index in [4.69, 9.17) is 0 Å². The Kier molecular flexibility index (Phi) is 3.38. The molecule has 3 rings (SSSR count). The summed E-state index contributed by atoms with van der Waals surface area (Å²) in [6.07, 6.45) is 1.97. The van der Waals surface area contributed by atoms with Crippen LogP contribution in [0, 0.1) is 0 Å². The summed E-state index contributed by atoms with van der Waals surface area (Å²) in [5, 5.41) is 4.59. The lowest BCUT2D eigenvalue weighted by atomic mass is 10.0. The molecule has 0 radical (unpaired) electrons. The summed E-state index contributed by atoms with van der Waals surface area (Å²) in [6, 6.07) is 21.2. The van der Waals surface area contributed by atoms with E-state index in [9.17, 15) is 0 Å². The molecule has 0 N–H and O–H groups in total. The summed E-state index contributed by atoms with van der Waals surface area (Å²) < 4.78 is 2.09. The second-order valence-corrected chi connectivity index (χ2v) is 5.18. The lowest BCUT2D eigenvalue weighted by Crippen LogP contribution is -2.04.